The molecule has 6 nitrogen and oxygen atoms in total. The topological polar surface area (TPSA) is 74.9 Å². The minimum absolute atomic E-state index is 0.00636. The lowest BCUT2D eigenvalue weighted by atomic mass is 10.1. The first-order valence-electron chi connectivity index (χ1n) is 8.53. The van der Waals surface area contributed by atoms with E-state index in [1.165, 1.54) is 28.0 Å². The Morgan fingerprint density at radius 1 is 1.29 bits per heavy atom. The molecule has 0 unspecified atom stereocenters. The number of nitrogens with zero attached hydrogens (tertiary/aromatic N) is 3. The molecule has 1 fully saturated rings. The third kappa shape index (κ3) is 3.60. The molecule has 4 rings (SSSR count). The Bertz CT molecular complexity index is 1100. The van der Waals surface area contributed by atoms with Crippen LogP contribution in [0.15, 0.2) is 46.8 Å². The molecule has 3 aromatic rings. The first kappa shape index (κ1) is 18.9. The molecule has 1 amide bonds. The van der Waals surface area contributed by atoms with Crippen LogP contribution in [0.1, 0.15) is 18.5 Å². The van der Waals surface area contributed by atoms with E-state index in [1.54, 1.807) is 0 Å². The van der Waals surface area contributed by atoms with Crippen LogP contribution in [0.5, 0.6) is 0 Å². The lowest BCUT2D eigenvalue weighted by molar-refractivity contribution is -0.137. The van der Waals surface area contributed by atoms with Crippen LogP contribution in [0.3, 0.4) is 0 Å². The van der Waals surface area contributed by atoms with Gasteiger partial charge in [-0.25, -0.2) is 4.98 Å². The number of rotatable bonds is 6. The monoisotopic (exact) mass is 429 g/mol. The van der Waals surface area contributed by atoms with Gasteiger partial charge in [0.15, 0.2) is 4.96 Å². The molecule has 1 aromatic carbocycles. The Labute approximate surface area is 174 Å². The van der Waals surface area contributed by atoms with E-state index in [4.69, 9.17) is 22.3 Å². The first-order valence-corrected chi connectivity index (χ1v) is 10.6. The Balaban J connectivity index is 1.68. The van der Waals surface area contributed by atoms with E-state index >= 15 is 0 Å². The number of thiazole rings is 1. The lowest BCUT2D eigenvalue weighted by Gasteiger charge is -2.13. The number of thioether (sulfide) groups is 1. The Morgan fingerprint density at radius 3 is 2.82 bits per heavy atom. The smallest absolute Gasteiger partial charge is 0.303 e. The third-order valence-corrected chi connectivity index (χ3v) is 6.39. The highest BCUT2D eigenvalue weighted by Crippen LogP contribution is 2.35. The minimum atomic E-state index is -0.882. The van der Waals surface area contributed by atoms with Crippen LogP contribution in [0.4, 0.5) is 0 Å². The van der Waals surface area contributed by atoms with Gasteiger partial charge in [0.05, 0.1) is 16.3 Å². The van der Waals surface area contributed by atoms with Gasteiger partial charge in [-0.15, -0.1) is 11.3 Å². The molecule has 1 N–H and O–H groups in total. The maximum Gasteiger partial charge on any atom is 0.303 e. The average Bonchev–Trinajstić information content (AvgIpc) is 3.33. The minimum Gasteiger partial charge on any atom is -0.481 e. The van der Waals surface area contributed by atoms with Crippen molar-refractivity contribution in [1.82, 2.24) is 14.3 Å². The molecule has 3 heterocycles. The number of aliphatic carboxylic acids is 1. The largest absolute Gasteiger partial charge is 0.481 e. The molecule has 1 aliphatic rings. The zero-order chi connectivity index (χ0) is 19.7. The molecule has 142 valence electrons. The maximum absolute atomic E-state index is 12.8. The number of benzene rings is 1. The van der Waals surface area contributed by atoms with Gasteiger partial charge in [0.25, 0.3) is 5.91 Å². The van der Waals surface area contributed by atoms with E-state index in [9.17, 15) is 9.59 Å². The van der Waals surface area contributed by atoms with Crippen LogP contribution < -0.4 is 0 Å². The molecule has 1 aliphatic heterocycles. The number of hydrogen-bond donors (Lipinski definition) is 1. The highest BCUT2D eigenvalue weighted by Gasteiger charge is 2.32. The van der Waals surface area contributed by atoms with Crippen molar-refractivity contribution in [3.05, 3.63) is 52.5 Å². The fraction of sp³-hybridized carbons (Fsp3) is 0.158. The second-order valence-corrected chi connectivity index (χ2v) is 8.65. The van der Waals surface area contributed by atoms with Gasteiger partial charge in [-0.3, -0.25) is 18.9 Å². The number of imidazole rings is 1. The van der Waals surface area contributed by atoms with E-state index in [2.05, 4.69) is 0 Å². The molecule has 9 heteroatoms. The zero-order valence-electron chi connectivity index (χ0n) is 14.6. The predicted octanol–water partition coefficient (Wildman–Crippen LogP) is 4.13. The third-order valence-electron chi connectivity index (χ3n) is 4.26. The highest BCUT2D eigenvalue weighted by atomic mass is 32.2. The average molecular weight is 430 g/mol. The summed E-state index contributed by atoms with van der Waals surface area (Å²) in [5.74, 6) is -1.07. The molecular weight excluding hydrogens is 414 g/mol. The van der Waals surface area contributed by atoms with Gasteiger partial charge in [0, 0.05) is 30.1 Å². The van der Waals surface area contributed by atoms with Crippen LogP contribution in [0, 0.1) is 0 Å². The van der Waals surface area contributed by atoms with Gasteiger partial charge in [0.2, 0.25) is 0 Å². The van der Waals surface area contributed by atoms with Gasteiger partial charge in [-0.05, 0) is 12.5 Å². The molecule has 28 heavy (non-hydrogen) atoms. The summed E-state index contributed by atoms with van der Waals surface area (Å²) in [6.07, 6.45) is 4.13. The van der Waals surface area contributed by atoms with Crippen LogP contribution >= 0.6 is 35.3 Å². The number of thiocarbonyl (C=S) groups is 1. The van der Waals surface area contributed by atoms with E-state index in [-0.39, 0.29) is 12.3 Å². The summed E-state index contributed by atoms with van der Waals surface area (Å²) in [6.45, 7) is 0.306. The fourth-order valence-electron chi connectivity index (χ4n) is 2.95. The number of fused-ring (bicyclic) bond motifs is 1. The summed E-state index contributed by atoms with van der Waals surface area (Å²) >= 11 is 8.10. The van der Waals surface area contributed by atoms with Crippen molar-refractivity contribution >= 4 is 62.6 Å². The highest BCUT2D eigenvalue weighted by molar-refractivity contribution is 8.26. The standard InChI is InChI=1S/C19H15N3O3S3/c23-15(24)7-4-8-22-17(25)14(28-19(22)26)11-13-16(12-5-2-1-3-6-12)20-18-21(13)9-10-27-18/h1-3,5-6,9-11H,4,7-8H2,(H,23,24)/b14-11+. The maximum atomic E-state index is 12.8. The van der Waals surface area contributed by atoms with Gasteiger partial charge < -0.3 is 5.11 Å². The molecule has 2 aromatic heterocycles. The van der Waals surface area contributed by atoms with Crippen molar-refractivity contribution in [3.8, 4) is 11.3 Å². The van der Waals surface area contributed by atoms with E-state index in [0.29, 0.717) is 22.2 Å². The summed E-state index contributed by atoms with van der Waals surface area (Å²) in [7, 11) is 0. The predicted molar refractivity (Wildman–Crippen MR) is 115 cm³/mol. The second-order valence-electron chi connectivity index (χ2n) is 6.10. The van der Waals surface area contributed by atoms with E-state index in [1.807, 2.05) is 52.4 Å². The van der Waals surface area contributed by atoms with Gasteiger partial charge in [0.1, 0.15) is 4.32 Å². The Kier molecular flexibility index (Phi) is 5.29. The summed E-state index contributed by atoms with van der Waals surface area (Å²) in [4.78, 5) is 31.1. The second kappa shape index (κ2) is 7.86. The number of carbonyl (C=O) groups excluding carboxylic acids is 1. The SMILES string of the molecule is O=C(O)CCCN1C(=O)/C(=C\c2c(-c3ccccc3)nc3sccn23)SC1=S. The molecule has 1 saturated heterocycles. The van der Waals surface area contributed by atoms with E-state index in [0.717, 1.165) is 21.9 Å². The van der Waals surface area contributed by atoms with Crippen LogP contribution in [-0.2, 0) is 9.59 Å². The fourth-order valence-corrected chi connectivity index (χ4v) is 4.96. The summed E-state index contributed by atoms with van der Waals surface area (Å²) in [6, 6.07) is 9.83. The van der Waals surface area contributed by atoms with Gasteiger partial charge in [-0.2, -0.15) is 0 Å². The summed E-state index contributed by atoms with van der Waals surface area (Å²) in [5.41, 5.74) is 2.61. The number of carboxylic acids is 1. The Hall–Kier alpha value is -2.49. The normalized spacial score (nSPS) is 15.9. The number of carbonyl (C=O) groups is 2. The van der Waals surface area contributed by atoms with Crippen LogP contribution in [0.25, 0.3) is 22.3 Å². The van der Waals surface area contributed by atoms with Crippen molar-refractivity contribution in [2.24, 2.45) is 0 Å². The summed E-state index contributed by atoms with van der Waals surface area (Å²) in [5, 5.41) is 10.7. The van der Waals surface area contributed by atoms with Crippen molar-refractivity contribution in [3.63, 3.8) is 0 Å². The molecular formula is C19H15N3O3S3. The van der Waals surface area contributed by atoms with Crippen LogP contribution in [-0.4, -0.2) is 42.1 Å². The molecule has 0 bridgehead atoms. The van der Waals surface area contributed by atoms with Crippen LogP contribution in [0.2, 0.25) is 0 Å². The summed E-state index contributed by atoms with van der Waals surface area (Å²) < 4.78 is 2.42. The van der Waals surface area contributed by atoms with Gasteiger partial charge >= 0.3 is 5.97 Å². The van der Waals surface area contributed by atoms with Crippen molar-refractivity contribution in [2.75, 3.05) is 6.54 Å². The first-order chi connectivity index (χ1) is 13.5. The van der Waals surface area contributed by atoms with Gasteiger partial charge in [-0.1, -0.05) is 54.3 Å². The number of hydrogen-bond acceptors (Lipinski definition) is 6. The lowest BCUT2D eigenvalue weighted by Crippen LogP contribution is -2.29. The Morgan fingerprint density at radius 2 is 2.07 bits per heavy atom. The molecule has 0 saturated carbocycles. The molecule has 0 aliphatic carbocycles. The molecule has 0 spiro atoms. The zero-order valence-corrected chi connectivity index (χ0v) is 17.0. The number of carboxylic acid groups (broad SMARTS) is 1. The molecule has 0 atom stereocenters. The van der Waals surface area contributed by atoms with Crippen molar-refractivity contribution in [2.45, 2.75) is 12.8 Å². The van der Waals surface area contributed by atoms with Crippen molar-refractivity contribution < 1.29 is 14.7 Å². The van der Waals surface area contributed by atoms with E-state index < -0.39 is 5.97 Å². The van der Waals surface area contributed by atoms with Crippen molar-refractivity contribution in [1.29, 1.82) is 0 Å². The molecule has 0 radical (unpaired) electrons. The number of aromatic nitrogens is 2. The quantitative estimate of drug-likeness (QED) is 0.469. The number of amides is 1.